The smallest absolute Gasteiger partial charge is 0.380 e. The van der Waals surface area contributed by atoms with E-state index in [0.29, 0.717) is 18.2 Å². The van der Waals surface area contributed by atoms with Crippen LogP contribution < -0.4 is 10.5 Å². The van der Waals surface area contributed by atoms with Crippen molar-refractivity contribution in [3.63, 3.8) is 0 Å². The Morgan fingerprint density at radius 1 is 1.07 bits per heavy atom. The van der Waals surface area contributed by atoms with Crippen LogP contribution in [0, 0.1) is 0 Å². The summed E-state index contributed by atoms with van der Waals surface area (Å²) in [6.45, 7) is 0.629. The van der Waals surface area contributed by atoms with Crippen molar-refractivity contribution >= 4 is 15.7 Å². The van der Waals surface area contributed by atoms with Crippen LogP contribution in [0.1, 0.15) is 16.7 Å². The van der Waals surface area contributed by atoms with Gasteiger partial charge in [-0.3, -0.25) is 4.68 Å². The number of nitrogens with one attached hydrogen (secondary N) is 1. The number of sulfonamides is 1. The molecule has 2 aromatic carbocycles. The average molecular weight is 410 g/mol. The fourth-order valence-electron chi connectivity index (χ4n) is 2.64. The summed E-state index contributed by atoms with van der Waals surface area (Å²) >= 11 is 0. The topological polar surface area (TPSA) is 90.0 Å². The van der Waals surface area contributed by atoms with Crippen LogP contribution >= 0.6 is 0 Å². The van der Waals surface area contributed by atoms with Crippen molar-refractivity contribution < 1.29 is 21.6 Å². The number of rotatable bonds is 6. The van der Waals surface area contributed by atoms with Gasteiger partial charge in [0.25, 0.3) is 0 Å². The first kappa shape index (κ1) is 19.9. The number of hydrogen-bond donors (Lipinski definition) is 2. The highest BCUT2D eigenvalue weighted by atomic mass is 32.2. The summed E-state index contributed by atoms with van der Waals surface area (Å²) in [5.74, 6) is 0. The lowest BCUT2D eigenvalue weighted by atomic mass is 10.1. The van der Waals surface area contributed by atoms with Gasteiger partial charge in [0.05, 0.1) is 23.2 Å². The first-order valence-electron chi connectivity index (χ1n) is 8.16. The Morgan fingerprint density at radius 2 is 1.79 bits per heavy atom. The van der Waals surface area contributed by atoms with Crippen LogP contribution in [0.4, 0.5) is 18.9 Å². The lowest BCUT2D eigenvalue weighted by Crippen LogP contribution is -2.16. The molecular weight excluding hydrogens is 393 g/mol. The maximum Gasteiger partial charge on any atom is 0.418 e. The molecule has 6 nitrogen and oxygen atoms in total. The number of alkyl halides is 3. The minimum Gasteiger partial charge on any atom is -0.380 e. The number of halogens is 3. The number of primary sulfonamides is 1. The molecule has 0 aliphatic heterocycles. The van der Waals surface area contributed by atoms with Crippen LogP contribution in [0.5, 0.6) is 0 Å². The Labute approximate surface area is 159 Å². The molecule has 148 valence electrons. The van der Waals surface area contributed by atoms with Crippen molar-refractivity contribution in [1.29, 1.82) is 0 Å². The highest BCUT2D eigenvalue weighted by molar-refractivity contribution is 7.89. The van der Waals surface area contributed by atoms with Crippen LogP contribution in [0.15, 0.2) is 65.8 Å². The number of anilines is 1. The SMILES string of the molecule is NS(=O)(=O)c1ccc(NCc2cnn(Cc3ccccc3)c2)c(C(F)(F)F)c1. The van der Waals surface area contributed by atoms with E-state index in [4.69, 9.17) is 5.14 Å². The second-order valence-corrected chi connectivity index (χ2v) is 7.70. The Hall–Kier alpha value is -2.85. The third-order valence-electron chi connectivity index (χ3n) is 3.98. The largest absolute Gasteiger partial charge is 0.418 e. The normalized spacial score (nSPS) is 12.1. The summed E-state index contributed by atoms with van der Waals surface area (Å²) in [7, 11) is -4.24. The third kappa shape index (κ3) is 4.90. The molecule has 0 radical (unpaired) electrons. The minimum absolute atomic E-state index is 0.0899. The van der Waals surface area contributed by atoms with Gasteiger partial charge in [0, 0.05) is 24.0 Å². The Morgan fingerprint density at radius 3 is 2.43 bits per heavy atom. The van der Waals surface area contributed by atoms with Gasteiger partial charge in [0.1, 0.15) is 0 Å². The van der Waals surface area contributed by atoms with Crippen LogP contribution in [-0.4, -0.2) is 18.2 Å². The number of nitrogens with two attached hydrogens (primary N) is 1. The molecule has 1 aromatic heterocycles. The molecule has 0 unspecified atom stereocenters. The second-order valence-electron chi connectivity index (χ2n) is 6.14. The van der Waals surface area contributed by atoms with Crippen molar-refractivity contribution in [3.05, 3.63) is 77.6 Å². The van der Waals surface area contributed by atoms with Gasteiger partial charge in [0.2, 0.25) is 10.0 Å². The fraction of sp³-hybridized carbons (Fsp3) is 0.167. The summed E-state index contributed by atoms with van der Waals surface area (Å²) in [5, 5.41) is 11.8. The van der Waals surface area contributed by atoms with Gasteiger partial charge in [-0.05, 0) is 23.8 Å². The number of benzene rings is 2. The molecule has 0 bridgehead atoms. The molecule has 3 aromatic rings. The molecule has 0 aliphatic rings. The van der Waals surface area contributed by atoms with E-state index >= 15 is 0 Å². The maximum atomic E-state index is 13.3. The van der Waals surface area contributed by atoms with Crippen molar-refractivity contribution in [1.82, 2.24) is 9.78 Å². The summed E-state index contributed by atoms with van der Waals surface area (Å²) in [4.78, 5) is -0.596. The van der Waals surface area contributed by atoms with Crippen LogP contribution in [0.25, 0.3) is 0 Å². The highest BCUT2D eigenvalue weighted by Gasteiger charge is 2.34. The zero-order valence-electron chi connectivity index (χ0n) is 14.5. The van der Waals surface area contributed by atoms with Crippen molar-refractivity contribution in [2.75, 3.05) is 5.32 Å². The van der Waals surface area contributed by atoms with Gasteiger partial charge in [0.15, 0.2) is 0 Å². The van der Waals surface area contributed by atoms with Crippen LogP contribution in [0.3, 0.4) is 0 Å². The van der Waals surface area contributed by atoms with E-state index in [-0.39, 0.29) is 12.2 Å². The maximum absolute atomic E-state index is 13.3. The predicted octanol–water partition coefficient (Wildman–Crippen LogP) is 3.21. The fourth-order valence-corrected chi connectivity index (χ4v) is 3.18. The zero-order valence-corrected chi connectivity index (χ0v) is 15.3. The standard InChI is InChI=1S/C18H17F3N4O2S/c19-18(20,21)16-8-15(28(22,26)27)6-7-17(16)23-9-14-10-24-25(12-14)11-13-4-2-1-3-5-13/h1-8,10,12,23H,9,11H2,(H2,22,26,27). The molecule has 1 heterocycles. The second kappa shape index (κ2) is 7.64. The Kier molecular flexibility index (Phi) is 5.43. The van der Waals surface area contributed by atoms with E-state index < -0.39 is 26.7 Å². The van der Waals surface area contributed by atoms with Crippen LogP contribution in [0.2, 0.25) is 0 Å². The average Bonchev–Trinajstić information content (AvgIpc) is 3.06. The lowest BCUT2D eigenvalue weighted by molar-refractivity contribution is -0.137. The van der Waals surface area contributed by atoms with E-state index in [1.54, 1.807) is 17.1 Å². The van der Waals surface area contributed by atoms with Crippen molar-refractivity contribution in [3.8, 4) is 0 Å². The molecule has 0 saturated carbocycles. The molecule has 0 saturated heterocycles. The lowest BCUT2D eigenvalue weighted by Gasteiger charge is -2.15. The summed E-state index contributed by atoms with van der Waals surface area (Å²) < 4.78 is 64.2. The van der Waals surface area contributed by atoms with Crippen molar-refractivity contribution in [2.45, 2.75) is 24.2 Å². The molecular formula is C18H17F3N4O2S. The molecule has 10 heteroatoms. The Bertz CT molecular complexity index is 1060. The van der Waals surface area contributed by atoms with Gasteiger partial charge >= 0.3 is 6.18 Å². The molecule has 0 fully saturated rings. The van der Waals surface area contributed by atoms with E-state index in [1.165, 1.54) is 0 Å². The van der Waals surface area contributed by atoms with E-state index in [2.05, 4.69) is 10.4 Å². The summed E-state index contributed by atoms with van der Waals surface area (Å²) in [6, 6.07) is 12.2. The van der Waals surface area contributed by atoms with Gasteiger partial charge in [-0.15, -0.1) is 0 Å². The highest BCUT2D eigenvalue weighted by Crippen LogP contribution is 2.36. The number of hydrogen-bond acceptors (Lipinski definition) is 4. The van der Waals surface area contributed by atoms with E-state index in [1.807, 2.05) is 30.3 Å². The number of aromatic nitrogens is 2. The molecule has 28 heavy (non-hydrogen) atoms. The van der Waals surface area contributed by atoms with Gasteiger partial charge < -0.3 is 5.32 Å². The summed E-state index contributed by atoms with van der Waals surface area (Å²) in [6.07, 6.45) is -1.45. The monoisotopic (exact) mass is 410 g/mol. The van der Waals surface area contributed by atoms with Crippen molar-refractivity contribution in [2.24, 2.45) is 5.14 Å². The third-order valence-corrected chi connectivity index (χ3v) is 4.89. The minimum atomic E-state index is -4.74. The van der Waals surface area contributed by atoms with E-state index in [0.717, 1.165) is 17.7 Å². The van der Waals surface area contributed by atoms with Gasteiger partial charge in [-0.1, -0.05) is 30.3 Å². The molecule has 0 aliphatic carbocycles. The first-order chi connectivity index (χ1) is 13.1. The summed E-state index contributed by atoms with van der Waals surface area (Å²) in [5.41, 5.74) is 0.383. The van der Waals surface area contributed by atoms with Crippen LogP contribution in [-0.2, 0) is 29.3 Å². The molecule has 0 amide bonds. The molecule has 3 N–H and O–H groups in total. The zero-order chi connectivity index (χ0) is 20.4. The van der Waals surface area contributed by atoms with Gasteiger partial charge in [-0.2, -0.15) is 18.3 Å². The molecule has 0 atom stereocenters. The van der Waals surface area contributed by atoms with Gasteiger partial charge in [-0.25, -0.2) is 13.6 Å². The first-order valence-corrected chi connectivity index (χ1v) is 9.71. The number of nitrogens with zero attached hydrogens (tertiary/aromatic N) is 2. The predicted molar refractivity (Wildman–Crippen MR) is 97.9 cm³/mol. The quantitative estimate of drug-likeness (QED) is 0.653. The molecule has 3 rings (SSSR count). The molecule has 0 spiro atoms. The van der Waals surface area contributed by atoms with E-state index in [9.17, 15) is 21.6 Å². The Balaban J connectivity index is 1.76.